The molecule has 1 saturated heterocycles. The predicted molar refractivity (Wildman–Crippen MR) is 89.0 cm³/mol. The standard InChI is InChI=1S/C15H19N3O3S/c1-9-12(19)18(13(22)16-9)11-7-5-10(6-8-11)17-14(20)21-15(2,3)4/h5-9H,1-4H3,(H,16,22)(H,17,20). The van der Waals surface area contributed by atoms with Gasteiger partial charge in [0.15, 0.2) is 5.11 Å². The molecule has 1 aromatic rings. The fraction of sp³-hybridized carbons (Fsp3) is 0.400. The van der Waals surface area contributed by atoms with Crippen molar-refractivity contribution < 1.29 is 14.3 Å². The number of carbonyl (C=O) groups excluding carboxylic acids is 2. The number of hydrogen-bond acceptors (Lipinski definition) is 4. The molecule has 0 aliphatic carbocycles. The van der Waals surface area contributed by atoms with Crippen LogP contribution in [0.15, 0.2) is 24.3 Å². The summed E-state index contributed by atoms with van der Waals surface area (Å²) in [6.07, 6.45) is -0.525. The largest absolute Gasteiger partial charge is 0.444 e. The maximum atomic E-state index is 12.0. The van der Waals surface area contributed by atoms with Crippen molar-refractivity contribution in [3.63, 3.8) is 0 Å². The quantitative estimate of drug-likeness (QED) is 0.820. The molecular formula is C15H19N3O3S. The number of amides is 2. The Hall–Kier alpha value is -2.15. The van der Waals surface area contributed by atoms with E-state index < -0.39 is 11.7 Å². The second-order valence-corrected chi connectivity index (χ2v) is 6.41. The lowest BCUT2D eigenvalue weighted by Crippen LogP contribution is -2.30. The first-order valence-electron chi connectivity index (χ1n) is 6.92. The van der Waals surface area contributed by atoms with Crippen molar-refractivity contribution in [2.24, 2.45) is 0 Å². The molecule has 118 valence electrons. The van der Waals surface area contributed by atoms with E-state index in [1.54, 1.807) is 52.0 Å². The maximum Gasteiger partial charge on any atom is 0.412 e. The summed E-state index contributed by atoms with van der Waals surface area (Å²) in [6, 6.07) is 6.50. The van der Waals surface area contributed by atoms with Gasteiger partial charge < -0.3 is 10.1 Å². The fourth-order valence-electron chi connectivity index (χ4n) is 1.97. The number of carbonyl (C=O) groups is 2. The molecule has 2 rings (SSSR count). The van der Waals surface area contributed by atoms with Gasteiger partial charge in [-0.1, -0.05) is 0 Å². The Morgan fingerprint density at radius 1 is 1.32 bits per heavy atom. The van der Waals surface area contributed by atoms with Crippen molar-refractivity contribution in [1.82, 2.24) is 5.32 Å². The van der Waals surface area contributed by atoms with Crippen LogP contribution < -0.4 is 15.5 Å². The third-order valence-corrected chi connectivity index (χ3v) is 3.21. The van der Waals surface area contributed by atoms with Crippen molar-refractivity contribution in [2.75, 3.05) is 10.2 Å². The lowest BCUT2D eigenvalue weighted by atomic mass is 10.2. The summed E-state index contributed by atoms with van der Waals surface area (Å²) in [5.41, 5.74) is 0.679. The van der Waals surface area contributed by atoms with E-state index in [0.717, 1.165) is 0 Å². The second-order valence-electron chi connectivity index (χ2n) is 6.02. The minimum absolute atomic E-state index is 0.0992. The molecule has 0 aromatic heterocycles. The van der Waals surface area contributed by atoms with Crippen LogP contribution in [0.25, 0.3) is 0 Å². The summed E-state index contributed by atoms with van der Waals surface area (Å²) in [7, 11) is 0. The van der Waals surface area contributed by atoms with E-state index in [9.17, 15) is 9.59 Å². The van der Waals surface area contributed by atoms with Crippen molar-refractivity contribution >= 4 is 40.7 Å². The number of nitrogens with zero attached hydrogens (tertiary/aromatic N) is 1. The topological polar surface area (TPSA) is 70.7 Å². The van der Waals surface area contributed by atoms with Crippen LogP contribution >= 0.6 is 12.2 Å². The van der Waals surface area contributed by atoms with Gasteiger partial charge in [0.2, 0.25) is 0 Å². The Kier molecular flexibility index (Phi) is 4.37. The van der Waals surface area contributed by atoms with Gasteiger partial charge in [-0.25, -0.2) is 4.79 Å². The molecule has 22 heavy (non-hydrogen) atoms. The van der Waals surface area contributed by atoms with Gasteiger partial charge in [0, 0.05) is 5.69 Å². The molecule has 1 heterocycles. The van der Waals surface area contributed by atoms with E-state index in [1.165, 1.54) is 4.90 Å². The predicted octanol–water partition coefficient (Wildman–Crippen LogP) is 2.64. The van der Waals surface area contributed by atoms with Crippen LogP contribution in [0.5, 0.6) is 0 Å². The Morgan fingerprint density at radius 2 is 1.91 bits per heavy atom. The minimum atomic E-state index is -0.556. The van der Waals surface area contributed by atoms with Crippen molar-refractivity contribution in [2.45, 2.75) is 39.3 Å². The number of thiocarbonyl (C=S) groups is 1. The average molecular weight is 321 g/mol. The lowest BCUT2D eigenvalue weighted by molar-refractivity contribution is -0.117. The molecule has 1 atom stereocenters. The zero-order valence-corrected chi connectivity index (χ0v) is 13.8. The lowest BCUT2D eigenvalue weighted by Gasteiger charge is -2.20. The van der Waals surface area contributed by atoms with Crippen LogP contribution in [0, 0.1) is 0 Å². The molecule has 0 radical (unpaired) electrons. The van der Waals surface area contributed by atoms with Gasteiger partial charge >= 0.3 is 6.09 Å². The Labute approximate surface area is 134 Å². The first-order chi connectivity index (χ1) is 10.2. The Bertz CT molecular complexity index is 607. The van der Waals surface area contributed by atoms with Crippen LogP contribution in [0.3, 0.4) is 0 Å². The van der Waals surface area contributed by atoms with Gasteiger partial charge in [0.05, 0.1) is 5.69 Å². The number of anilines is 2. The van der Waals surface area contributed by atoms with E-state index in [1.807, 2.05) is 0 Å². The fourth-order valence-corrected chi connectivity index (χ4v) is 2.34. The summed E-state index contributed by atoms with van der Waals surface area (Å²) in [6.45, 7) is 7.14. The number of hydrogen-bond donors (Lipinski definition) is 2. The molecule has 1 unspecified atom stereocenters. The van der Waals surface area contributed by atoms with E-state index in [-0.39, 0.29) is 11.9 Å². The third kappa shape index (κ3) is 3.73. The van der Waals surface area contributed by atoms with E-state index >= 15 is 0 Å². The summed E-state index contributed by atoms with van der Waals surface area (Å²) in [5.74, 6) is -0.0992. The number of nitrogens with one attached hydrogen (secondary N) is 2. The van der Waals surface area contributed by atoms with Gasteiger partial charge in [0.1, 0.15) is 11.6 Å². The highest BCUT2D eigenvalue weighted by Gasteiger charge is 2.33. The summed E-state index contributed by atoms with van der Waals surface area (Å²) < 4.78 is 5.17. The number of ether oxygens (including phenoxy) is 1. The highest BCUT2D eigenvalue weighted by atomic mass is 32.1. The van der Waals surface area contributed by atoms with E-state index in [4.69, 9.17) is 17.0 Å². The summed E-state index contributed by atoms with van der Waals surface area (Å²) >= 11 is 5.14. The molecular weight excluding hydrogens is 302 g/mol. The number of rotatable bonds is 2. The van der Waals surface area contributed by atoms with Crippen LogP contribution in [-0.2, 0) is 9.53 Å². The molecule has 2 amide bonds. The van der Waals surface area contributed by atoms with Crippen LogP contribution in [0.2, 0.25) is 0 Å². The van der Waals surface area contributed by atoms with Gasteiger partial charge in [-0.2, -0.15) is 0 Å². The van der Waals surface area contributed by atoms with Crippen LogP contribution in [0.4, 0.5) is 16.2 Å². The smallest absolute Gasteiger partial charge is 0.412 e. The minimum Gasteiger partial charge on any atom is -0.444 e. The SMILES string of the molecule is CC1NC(=S)N(c2ccc(NC(=O)OC(C)(C)C)cc2)C1=O. The molecule has 6 nitrogen and oxygen atoms in total. The van der Waals surface area contributed by atoms with E-state index in [2.05, 4.69) is 10.6 Å². The highest BCUT2D eigenvalue weighted by Crippen LogP contribution is 2.22. The van der Waals surface area contributed by atoms with Crippen molar-refractivity contribution in [1.29, 1.82) is 0 Å². The molecule has 1 aliphatic heterocycles. The number of benzene rings is 1. The van der Waals surface area contributed by atoms with Gasteiger partial charge in [-0.05, 0) is 64.2 Å². The summed E-state index contributed by atoms with van der Waals surface area (Å²) in [5, 5.41) is 5.92. The molecule has 0 bridgehead atoms. The summed E-state index contributed by atoms with van der Waals surface area (Å²) in [4.78, 5) is 25.2. The van der Waals surface area contributed by atoms with Crippen LogP contribution in [0.1, 0.15) is 27.7 Å². The average Bonchev–Trinajstić information content (AvgIpc) is 2.62. The molecule has 1 fully saturated rings. The molecule has 2 N–H and O–H groups in total. The highest BCUT2D eigenvalue weighted by molar-refractivity contribution is 7.80. The second kappa shape index (κ2) is 5.92. The molecule has 1 aliphatic rings. The van der Waals surface area contributed by atoms with Gasteiger partial charge in [-0.15, -0.1) is 0 Å². The first-order valence-corrected chi connectivity index (χ1v) is 7.33. The third-order valence-electron chi connectivity index (χ3n) is 2.90. The molecule has 0 spiro atoms. The Morgan fingerprint density at radius 3 is 2.36 bits per heavy atom. The van der Waals surface area contributed by atoms with Crippen LogP contribution in [-0.4, -0.2) is 28.8 Å². The zero-order valence-electron chi connectivity index (χ0n) is 13.0. The maximum absolute atomic E-state index is 12.0. The normalized spacial score (nSPS) is 18.2. The molecule has 0 saturated carbocycles. The van der Waals surface area contributed by atoms with Gasteiger partial charge in [-0.3, -0.25) is 15.0 Å². The molecule has 7 heteroatoms. The van der Waals surface area contributed by atoms with Crippen molar-refractivity contribution in [3.05, 3.63) is 24.3 Å². The van der Waals surface area contributed by atoms with Crippen molar-refractivity contribution in [3.8, 4) is 0 Å². The van der Waals surface area contributed by atoms with Gasteiger partial charge in [0.25, 0.3) is 5.91 Å². The molecule has 1 aromatic carbocycles. The first kappa shape index (κ1) is 16.2. The monoisotopic (exact) mass is 321 g/mol. The zero-order chi connectivity index (χ0) is 16.5. The Balaban J connectivity index is 2.06. The van der Waals surface area contributed by atoms with E-state index in [0.29, 0.717) is 16.5 Å².